The van der Waals surface area contributed by atoms with E-state index in [1.54, 1.807) is 7.11 Å². The molecule has 0 heterocycles. The van der Waals surface area contributed by atoms with Crippen molar-refractivity contribution < 1.29 is 14.6 Å². The average Bonchev–Trinajstić information content (AvgIpc) is 2.21. The summed E-state index contributed by atoms with van der Waals surface area (Å²) in [6.45, 7) is 7.63. The lowest BCUT2D eigenvalue weighted by Gasteiger charge is -2.14. The van der Waals surface area contributed by atoms with Gasteiger partial charge >= 0.3 is 0 Å². The van der Waals surface area contributed by atoms with Crippen molar-refractivity contribution in [2.45, 2.75) is 26.4 Å². The van der Waals surface area contributed by atoms with E-state index in [0.29, 0.717) is 25.7 Å². The van der Waals surface area contributed by atoms with E-state index in [4.69, 9.17) is 9.47 Å². The molecule has 4 nitrogen and oxygen atoms in total. The number of aliphatic hydroxyl groups is 1. The van der Waals surface area contributed by atoms with Crippen LogP contribution < -0.4 is 5.32 Å². The van der Waals surface area contributed by atoms with Gasteiger partial charge in [0.1, 0.15) is 0 Å². The summed E-state index contributed by atoms with van der Waals surface area (Å²) in [5, 5.41) is 12.7. The quantitative estimate of drug-likeness (QED) is 0.530. The first-order chi connectivity index (χ1) is 7.18. The summed E-state index contributed by atoms with van der Waals surface area (Å²) in [7, 11) is 1.66. The largest absolute Gasteiger partial charge is 0.392 e. The molecule has 1 atom stereocenters. The third-order valence-electron chi connectivity index (χ3n) is 2.20. The third kappa shape index (κ3) is 10.1. The molecule has 4 heteroatoms. The zero-order valence-corrected chi connectivity index (χ0v) is 10.2. The van der Waals surface area contributed by atoms with Gasteiger partial charge < -0.3 is 19.9 Å². The minimum absolute atomic E-state index is 0.251. The van der Waals surface area contributed by atoms with Gasteiger partial charge in [-0.3, -0.25) is 0 Å². The predicted octanol–water partition coefficient (Wildman–Crippen LogP) is 0.646. The van der Waals surface area contributed by atoms with Crippen molar-refractivity contribution in [2.75, 3.05) is 40.0 Å². The molecule has 0 aromatic rings. The van der Waals surface area contributed by atoms with Crippen LogP contribution in [0.25, 0.3) is 0 Å². The number of hydrogen-bond acceptors (Lipinski definition) is 4. The van der Waals surface area contributed by atoms with Crippen LogP contribution in [0.4, 0.5) is 0 Å². The molecule has 1 unspecified atom stereocenters. The van der Waals surface area contributed by atoms with E-state index in [1.165, 1.54) is 0 Å². The summed E-state index contributed by atoms with van der Waals surface area (Å²) in [5.41, 5.74) is 0. The van der Waals surface area contributed by atoms with Crippen molar-refractivity contribution in [1.29, 1.82) is 0 Å². The van der Waals surface area contributed by atoms with Gasteiger partial charge in [0, 0.05) is 20.3 Å². The maximum atomic E-state index is 9.49. The molecule has 0 radical (unpaired) electrons. The second kappa shape index (κ2) is 10.4. The maximum Gasteiger partial charge on any atom is 0.0700 e. The highest BCUT2D eigenvalue weighted by Gasteiger charge is 2.07. The summed E-state index contributed by atoms with van der Waals surface area (Å²) in [5.74, 6) is 0.315. The Morgan fingerprint density at radius 3 is 2.53 bits per heavy atom. The number of nitrogens with one attached hydrogen (secondary N) is 1. The highest BCUT2D eigenvalue weighted by Crippen LogP contribution is 1.98. The first-order valence-corrected chi connectivity index (χ1v) is 5.64. The SMILES string of the molecule is COCCOCCCNCC(O)C(C)C. The molecule has 0 bridgehead atoms. The van der Waals surface area contributed by atoms with Crippen LogP contribution in [0.15, 0.2) is 0 Å². The highest BCUT2D eigenvalue weighted by molar-refractivity contribution is 4.62. The van der Waals surface area contributed by atoms with Crippen LogP contribution in [0.5, 0.6) is 0 Å². The Morgan fingerprint density at radius 2 is 1.93 bits per heavy atom. The standard InChI is InChI=1S/C11H25NO3/c1-10(2)11(13)9-12-5-4-6-15-8-7-14-3/h10-13H,4-9H2,1-3H3. The van der Waals surface area contributed by atoms with E-state index < -0.39 is 0 Å². The first-order valence-electron chi connectivity index (χ1n) is 5.64. The molecule has 0 aliphatic heterocycles. The minimum Gasteiger partial charge on any atom is -0.392 e. The molecule has 0 saturated carbocycles. The topological polar surface area (TPSA) is 50.7 Å². The van der Waals surface area contributed by atoms with Crippen molar-refractivity contribution in [3.8, 4) is 0 Å². The summed E-state index contributed by atoms with van der Waals surface area (Å²) in [6.07, 6.45) is 0.716. The zero-order valence-electron chi connectivity index (χ0n) is 10.2. The van der Waals surface area contributed by atoms with E-state index in [0.717, 1.165) is 19.6 Å². The van der Waals surface area contributed by atoms with Crippen LogP contribution in [0, 0.1) is 5.92 Å². The molecule has 0 aliphatic carbocycles. The molecule has 0 saturated heterocycles. The first kappa shape index (κ1) is 14.8. The van der Waals surface area contributed by atoms with Crippen LogP contribution in [0.3, 0.4) is 0 Å². The zero-order chi connectivity index (χ0) is 11.5. The van der Waals surface area contributed by atoms with Crippen molar-refractivity contribution in [2.24, 2.45) is 5.92 Å². The van der Waals surface area contributed by atoms with Gasteiger partial charge in [0.2, 0.25) is 0 Å². The maximum absolute atomic E-state index is 9.49. The van der Waals surface area contributed by atoms with Crippen LogP contribution in [0.1, 0.15) is 20.3 Å². The lowest BCUT2D eigenvalue weighted by atomic mass is 10.1. The minimum atomic E-state index is -0.251. The van der Waals surface area contributed by atoms with Crippen LogP contribution >= 0.6 is 0 Å². The summed E-state index contributed by atoms with van der Waals surface area (Å²) >= 11 is 0. The Kier molecular flexibility index (Phi) is 10.3. The Bertz CT molecular complexity index is 131. The Labute approximate surface area is 93.0 Å². The van der Waals surface area contributed by atoms with Crippen LogP contribution in [-0.4, -0.2) is 51.2 Å². The number of aliphatic hydroxyl groups excluding tert-OH is 1. The van der Waals surface area contributed by atoms with Gasteiger partial charge in [0.25, 0.3) is 0 Å². The van der Waals surface area contributed by atoms with Crippen molar-refractivity contribution in [1.82, 2.24) is 5.32 Å². The number of hydrogen-bond donors (Lipinski definition) is 2. The number of rotatable bonds is 10. The molecule has 2 N–H and O–H groups in total. The average molecular weight is 219 g/mol. The lowest BCUT2D eigenvalue weighted by molar-refractivity contribution is 0.0686. The van der Waals surface area contributed by atoms with Crippen molar-refractivity contribution >= 4 is 0 Å². The molecule has 0 rings (SSSR count). The Balaban J connectivity index is 3.05. The fourth-order valence-electron chi connectivity index (χ4n) is 1.03. The number of methoxy groups -OCH3 is 1. The normalized spacial score (nSPS) is 13.4. The Hall–Kier alpha value is -0.160. The highest BCUT2D eigenvalue weighted by atomic mass is 16.5. The molecule has 0 amide bonds. The van der Waals surface area contributed by atoms with Gasteiger partial charge in [0.15, 0.2) is 0 Å². The molecular weight excluding hydrogens is 194 g/mol. The molecule has 0 aromatic carbocycles. The Morgan fingerprint density at radius 1 is 1.20 bits per heavy atom. The molecule has 0 fully saturated rings. The monoisotopic (exact) mass is 219 g/mol. The summed E-state index contributed by atoms with van der Waals surface area (Å²) in [6, 6.07) is 0. The van der Waals surface area contributed by atoms with Gasteiger partial charge in [0.05, 0.1) is 19.3 Å². The van der Waals surface area contributed by atoms with E-state index >= 15 is 0 Å². The molecule has 92 valence electrons. The van der Waals surface area contributed by atoms with Crippen molar-refractivity contribution in [3.05, 3.63) is 0 Å². The fourth-order valence-corrected chi connectivity index (χ4v) is 1.03. The van der Waals surface area contributed by atoms with E-state index in [-0.39, 0.29) is 6.10 Å². The van der Waals surface area contributed by atoms with Gasteiger partial charge in [-0.05, 0) is 18.9 Å². The fraction of sp³-hybridized carbons (Fsp3) is 1.00. The summed E-state index contributed by atoms with van der Waals surface area (Å²) < 4.78 is 10.2. The third-order valence-corrected chi connectivity index (χ3v) is 2.20. The van der Waals surface area contributed by atoms with E-state index in [2.05, 4.69) is 5.32 Å². The van der Waals surface area contributed by atoms with Crippen molar-refractivity contribution in [3.63, 3.8) is 0 Å². The second-order valence-corrected chi connectivity index (χ2v) is 3.97. The van der Waals surface area contributed by atoms with Gasteiger partial charge in [-0.25, -0.2) is 0 Å². The summed E-state index contributed by atoms with van der Waals surface area (Å²) in [4.78, 5) is 0. The molecule has 0 spiro atoms. The lowest BCUT2D eigenvalue weighted by Crippen LogP contribution is -2.31. The predicted molar refractivity (Wildman–Crippen MR) is 61.0 cm³/mol. The van der Waals surface area contributed by atoms with Crippen LogP contribution in [0.2, 0.25) is 0 Å². The van der Waals surface area contributed by atoms with Gasteiger partial charge in [-0.1, -0.05) is 13.8 Å². The number of ether oxygens (including phenoxy) is 2. The van der Waals surface area contributed by atoms with Gasteiger partial charge in [-0.2, -0.15) is 0 Å². The second-order valence-electron chi connectivity index (χ2n) is 3.97. The van der Waals surface area contributed by atoms with E-state index in [1.807, 2.05) is 13.8 Å². The molecular formula is C11H25NO3. The van der Waals surface area contributed by atoms with Gasteiger partial charge in [-0.15, -0.1) is 0 Å². The molecule has 15 heavy (non-hydrogen) atoms. The van der Waals surface area contributed by atoms with E-state index in [9.17, 15) is 5.11 Å². The van der Waals surface area contributed by atoms with Crippen LogP contribution in [-0.2, 0) is 9.47 Å². The smallest absolute Gasteiger partial charge is 0.0700 e. The molecule has 0 aromatic heterocycles. The molecule has 0 aliphatic rings.